The lowest BCUT2D eigenvalue weighted by atomic mass is 9.97. The smallest absolute Gasteiger partial charge is 0.321 e. The minimum absolute atomic E-state index is 0.0620. The molecule has 1 atom stereocenters. The summed E-state index contributed by atoms with van der Waals surface area (Å²) in [7, 11) is 2.17. The highest BCUT2D eigenvalue weighted by molar-refractivity contribution is 5.95. The number of hydrogen-bond donors (Lipinski definition) is 2. The van der Waals surface area contributed by atoms with Gasteiger partial charge >= 0.3 is 6.03 Å². The van der Waals surface area contributed by atoms with Gasteiger partial charge in [0.2, 0.25) is 5.91 Å². The number of amides is 3. The van der Waals surface area contributed by atoms with Gasteiger partial charge in [-0.05, 0) is 56.5 Å². The van der Waals surface area contributed by atoms with Crippen LogP contribution in [0, 0.1) is 12.8 Å². The van der Waals surface area contributed by atoms with Gasteiger partial charge in [0.1, 0.15) is 0 Å². The summed E-state index contributed by atoms with van der Waals surface area (Å²) in [4.78, 5) is 30.8. The van der Waals surface area contributed by atoms with Gasteiger partial charge in [-0.1, -0.05) is 0 Å². The van der Waals surface area contributed by atoms with Gasteiger partial charge in [0, 0.05) is 57.1 Å². The van der Waals surface area contributed by atoms with Crippen molar-refractivity contribution in [3.05, 3.63) is 29.3 Å². The summed E-state index contributed by atoms with van der Waals surface area (Å²) in [5.74, 6) is 0.0741. The third-order valence-electron chi connectivity index (χ3n) is 5.67. The molecule has 2 aliphatic rings. The average Bonchev–Trinajstić information content (AvgIpc) is 2.65. The fourth-order valence-corrected chi connectivity index (χ4v) is 3.95. The number of nitrogens with zero attached hydrogens (tertiary/aromatic N) is 3. The summed E-state index contributed by atoms with van der Waals surface area (Å²) in [5, 5.41) is 2.99. The summed E-state index contributed by atoms with van der Waals surface area (Å²) in [5.41, 5.74) is 7.33. The number of piperidine rings is 1. The third kappa shape index (κ3) is 5.20. The van der Waals surface area contributed by atoms with Gasteiger partial charge in [0.05, 0.1) is 0 Å². The monoisotopic (exact) mass is 373 g/mol. The molecule has 1 aromatic rings. The Morgan fingerprint density at radius 2 is 1.93 bits per heavy atom. The Balaban J connectivity index is 1.54. The van der Waals surface area contributed by atoms with Crippen molar-refractivity contribution < 1.29 is 9.59 Å². The fourth-order valence-electron chi connectivity index (χ4n) is 3.95. The zero-order valence-electron chi connectivity index (χ0n) is 16.4. The number of aryl methyl sites for hydroxylation is 1. The van der Waals surface area contributed by atoms with Crippen molar-refractivity contribution in [3.8, 4) is 0 Å². The van der Waals surface area contributed by atoms with Crippen LogP contribution in [0.2, 0.25) is 0 Å². The highest BCUT2D eigenvalue weighted by atomic mass is 16.2. The van der Waals surface area contributed by atoms with Gasteiger partial charge in [0.25, 0.3) is 0 Å². The standard InChI is InChI=1S/C20H31N5O2/c1-15-12-17(19(21)26)5-6-18(15)22-20(27)25-7-3-4-16(14-25)13-24-10-8-23(2)9-11-24/h5-6,12,16H,3-4,7-11,13-14H2,1-2H3,(H2,21,26)(H,22,27)/t16-/m1/s1. The van der Waals surface area contributed by atoms with Crippen LogP contribution < -0.4 is 11.1 Å². The van der Waals surface area contributed by atoms with Crippen LogP contribution in [0.1, 0.15) is 28.8 Å². The predicted octanol–water partition coefficient (Wildman–Crippen LogP) is 1.59. The van der Waals surface area contributed by atoms with E-state index in [1.807, 2.05) is 11.8 Å². The number of carbonyl (C=O) groups is 2. The van der Waals surface area contributed by atoms with E-state index in [-0.39, 0.29) is 6.03 Å². The molecule has 2 saturated heterocycles. The molecule has 0 unspecified atom stereocenters. The van der Waals surface area contributed by atoms with Gasteiger partial charge in [-0.3, -0.25) is 4.79 Å². The number of carbonyl (C=O) groups excluding carboxylic acids is 2. The molecule has 3 amide bonds. The van der Waals surface area contributed by atoms with E-state index in [0.717, 1.165) is 63.5 Å². The first-order valence-electron chi connectivity index (χ1n) is 9.79. The Kier molecular flexibility index (Phi) is 6.34. The average molecular weight is 374 g/mol. The zero-order chi connectivity index (χ0) is 19.4. The number of nitrogens with one attached hydrogen (secondary N) is 1. The lowest BCUT2D eigenvalue weighted by molar-refractivity contribution is 0.1000. The Morgan fingerprint density at radius 1 is 1.19 bits per heavy atom. The lowest BCUT2D eigenvalue weighted by Gasteiger charge is -2.38. The minimum atomic E-state index is -0.459. The molecule has 27 heavy (non-hydrogen) atoms. The van der Waals surface area contributed by atoms with E-state index in [0.29, 0.717) is 11.5 Å². The van der Waals surface area contributed by atoms with Gasteiger partial charge in [-0.15, -0.1) is 0 Å². The normalized spacial score (nSPS) is 21.9. The molecule has 7 heteroatoms. The molecule has 0 saturated carbocycles. The summed E-state index contributed by atoms with van der Waals surface area (Å²) in [6.07, 6.45) is 2.23. The van der Waals surface area contributed by atoms with Crippen molar-refractivity contribution in [1.82, 2.24) is 14.7 Å². The van der Waals surface area contributed by atoms with Crippen molar-refractivity contribution in [2.24, 2.45) is 11.7 Å². The van der Waals surface area contributed by atoms with Crippen LogP contribution in [0.15, 0.2) is 18.2 Å². The van der Waals surface area contributed by atoms with Gasteiger partial charge in [-0.25, -0.2) is 4.79 Å². The SMILES string of the molecule is Cc1cc(C(N)=O)ccc1NC(=O)N1CCC[C@H](CN2CCN(C)CC2)C1. The quantitative estimate of drug-likeness (QED) is 0.840. The van der Waals surface area contributed by atoms with Crippen LogP contribution in [0.3, 0.4) is 0 Å². The number of nitrogens with two attached hydrogens (primary N) is 1. The van der Waals surface area contributed by atoms with Crippen LogP contribution >= 0.6 is 0 Å². The second-order valence-corrected chi connectivity index (χ2v) is 7.88. The highest BCUT2D eigenvalue weighted by Gasteiger charge is 2.26. The number of likely N-dealkylation sites (N-methyl/N-ethyl adjacent to an activating group) is 1. The molecule has 148 valence electrons. The number of primary amides is 1. The van der Waals surface area contributed by atoms with E-state index in [1.54, 1.807) is 18.2 Å². The van der Waals surface area contributed by atoms with E-state index >= 15 is 0 Å². The molecule has 0 radical (unpaired) electrons. The molecule has 1 aromatic carbocycles. The molecule has 0 aromatic heterocycles. The van der Waals surface area contributed by atoms with E-state index in [2.05, 4.69) is 22.2 Å². The van der Waals surface area contributed by atoms with Crippen LogP contribution in [0.25, 0.3) is 0 Å². The number of likely N-dealkylation sites (tertiary alicyclic amines) is 1. The molecular weight excluding hydrogens is 342 g/mol. The maximum atomic E-state index is 12.7. The molecular formula is C20H31N5O2. The van der Waals surface area contributed by atoms with Crippen molar-refractivity contribution in [1.29, 1.82) is 0 Å². The van der Waals surface area contributed by atoms with Crippen molar-refractivity contribution in [2.45, 2.75) is 19.8 Å². The first-order valence-corrected chi connectivity index (χ1v) is 9.79. The Bertz CT molecular complexity index is 685. The van der Waals surface area contributed by atoms with E-state index in [1.165, 1.54) is 6.42 Å². The molecule has 2 fully saturated rings. The highest BCUT2D eigenvalue weighted by Crippen LogP contribution is 2.21. The summed E-state index contributed by atoms with van der Waals surface area (Å²) >= 11 is 0. The van der Waals surface area contributed by atoms with Crippen LogP contribution in [0.4, 0.5) is 10.5 Å². The van der Waals surface area contributed by atoms with Gasteiger partial charge in [-0.2, -0.15) is 0 Å². The summed E-state index contributed by atoms with van der Waals surface area (Å²) in [6.45, 7) is 9.02. The molecule has 2 aliphatic heterocycles. The number of benzene rings is 1. The van der Waals surface area contributed by atoms with Crippen LogP contribution in [0.5, 0.6) is 0 Å². The molecule has 3 rings (SSSR count). The van der Waals surface area contributed by atoms with E-state index in [9.17, 15) is 9.59 Å². The van der Waals surface area contributed by atoms with Gasteiger partial charge < -0.3 is 25.8 Å². The van der Waals surface area contributed by atoms with Crippen LogP contribution in [-0.4, -0.2) is 79.5 Å². The van der Waals surface area contributed by atoms with Crippen molar-refractivity contribution in [2.75, 3.05) is 58.2 Å². The number of anilines is 1. The molecule has 0 spiro atoms. The topological polar surface area (TPSA) is 81.9 Å². The molecule has 0 aliphatic carbocycles. The lowest BCUT2D eigenvalue weighted by Crippen LogP contribution is -2.49. The molecule has 2 heterocycles. The second kappa shape index (κ2) is 8.71. The van der Waals surface area contributed by atoms with Crippen molar-refractivity contribution >= 4 is 17.6 Å². The number of urea groups is 1. The number of piperazine rings is 1. The van der Waals surface area contributed by atoms with E-state index in [4.69, 9.17) is 5.73 Å². The first-order chi connectivity index (χ1) is 12.9. The number of hydrogen-bond acceptors (Lipinski definition) is 4. The third-order valence-corrected chi connectivity index (χ3v) is 5.67. The minimum Gasteiger partial charge on any atom is -0.366 e. The van der Waals surface area contributed by atoms with Gasteiger partial charge in [0.15, 0.2) is 0 Å². The Hall–Kier alpha value is -2.12. The molecule has 7 nitrogen and oxygen atoms in total. The predicted molar refractivity (Wildman–Crippen MR) is 107 cm³/mol. The largest absolute Gasteiger partial charge is 0.366 e. The zero-order valence-corrected chi connectivity index (χ0v) is 16.4. The molecule has 0 bridgehead atoms. The Morgan fingerprint density at radius 3 is 2.59 bits per heavy atom. The molecule has 3 N–H and O–H groups in total. The summed E-state index contributed by atoms with van der Waals surface area (Å²) < 4.78 is 0. The Labute approximate surface area is 161 Å². The fraction of sp³-hybridized carbons (Fsp3) is 0.600. The second-order valence-electron chi connectivity index (χ2n) is 7.88. The maximum absolute atomic E-state index is 12.7. The summed E-state index contributed by atoms with van der Waals surface area (Å²) in [6, 6.07) is 5.05. The first kappa shape index (κ1) is 19.6. The van der Waals surface area contributed by atoms with Crippen molar-refractivity contribution in [3.63, 3.8) is 0 Å². The maximum Gasteiger partial charge on any atom is 0.321 e. The number of rotatable bonds is 4. The van der Waals surface area contributed by atoms with E-state index < -0.39 is 5.91 Å². The van der Waals surface area contributed by atoms with Crippen LogP contribution in [-0.2, 0) is 0 Å².